The lowest BCUT2D eigenvalue weighted by molar-refractivity contribution is -0.138. The molecule has 1 amide bonds. The van der Waals surface area contributed by atoms with Gasteiger partial charge in [-0.25, -0.2) is 0 Å². The quantitative estimate of drug-likeness (QED) is 0.928. The predicted molar refractivity (Wildman–Crippen MR) is 84.7 cm³/mol. The molecule has 1 aliphatic heterocycles. The molecule has 1 fully saturated rings. The molecule has 0 bridgehead atoms. The Bertz CT molecular complexity index is 506. The van der Waals surface area contributed by atoms with E-state index in [0.29, 0.717) is 0 Å². The van der Waals surface area contributed by atoms with Crippen molar-refractivity contribution in [3.63, 3.8) is 0 Å². The van der Waals surface area contributed by atoms with Gasteiger partial charge >= 0.3 is 0 Å². The zero-order chi connectivity index (χ0) is 15.7. The SMILES string of the molecule is COc1ccc(C(C)(C)C(=O)N2CCNC(C)(C)C2)cc1. The summed E-state index contributed by atoms with van der Waals surface area (Å²) in [5.41, 5.74) is 0.466. The number of rotatable bonds is 3. The van der Waals surface area contributed by atoms with E-state index in [0.717, 1.165) is 30.9 Å². The van der Waals surface area contributed by atoms with Crippen LogP contribution in [-0.4, -0.2) is 43.1 Å². The summed E-state index contributed by atoms with van der Waals surface area (Å²) in [7, 11) is 1.65. The van der Waals surface area contributed by atoms with Crippen molar-refractivity contribution < 1.29 is 9.53 Å². The van der Waals surface area contributed by atoms with Crippen LogP contribution in [0.5, 0.6) is 5.75 Å². The van der Waals surface area contributed by atoms with Gasteiger partial charge in [0.15, 0.2) is 0 Å². The normalized spacial score (nSPS) is 18.4. The van der Waals surface area contributed by atoms with Crippen molar-refractivity contribution in [2.24, 2.45) is 0 Å². The zero-order valence-electron chi connectivity index (χ0n) is 13.7. The van der Waals surface area contributed by atoms with Gasteiger partial charge < -0.3 is 15.0 Å². The molecule has 1 saturated heterocycles. The Morgan fingerprint density at radius 1 is 1.29 bits per heavy atom. The van der Waals surface area contributed by atoms with Crippen LogP contribution in [0.15, 0.2) is 24.3 Å². The second-order valence-corrected chi connectivity index (χ2v) is 6.89. The standard InChI is InChI=1S/C17H26N2O2/c1-16(2)12-19(11-10-18-16)15(20)17(3,4)13-6-8-14(21-5)9-7-13/h6-9,18H,10-12H2,1-5H3. The highest BCUT2D eigenvalue weighted by molar-refractivity contribution is 5.87. The summed E-state index contributed by atoms with van der Waals surface area (Å²) in [5.74, 6) is 0.993. The van der Waals surface area contributed by atoms with Crippen LogP contribution >= 0.6 is 0 Å². The van der Waals surface area contributed by atoms with Crippen LogP contribution in [-0.2, 0) is 10.2 Å². The number of hydrogen-bond acceptors (Lipinski definition) is 3. The molecule has 2 rings (SSSR count). The average Bonchev–Trinajstić information content (AvgIpc) is 2.45. The summed E-state index contributed by atoms with van der Waals surface area (Å²) in [6, 6.07) is 7.77. The van der Waals surface area contributed by atoms with E-state index in [1.807, 2.05) is 43.0 Å². The Kier molecular flexibility index (Phi) is 4.28. The maximum atomic E-state index is 12.9. The third-order valence-electron chi connectivity index (χ3n) is 4.21. The number of carbonyl (C=O) groups is 1. The van der Waals surface area contributed by atoms with Crippen LogP contribution in [0.25, 0.3) is 0 Å². The lowest BCUT2D eigenvalue weighted by atomic mass is 9.82. The third-order valence-corrected chi connectivity index (χ3v) is 4.21. The van der Waals surface area contributed by atoms with Crippen LogP contribution in [0.2, 0.25) is 0 Å². The fourth-order valence-corrected chi connectivity index (χ4v) is 2.84. The van der Waals surface area contributed by atoms with Gasteiger partial charge in [-0.1, -0.05) is 12.1 Å². The predicted octanol–water partition coefficient (Wildman–Crippen LogP) is 2.18. The number of hydrogen-bond donors (Lipinski definition) is 1. The van der Waals surface area contributed by atoms with Gasteiger partial charge in [-0.3, -0.25) is 4.79 Å². The van der Waals surface area contributed by atoms with Gasteiger partial charge in [0.05, 0.1) is 12.5 Å². The zero-order valence-corrected chi connectivity index (χ0v) is 13.7. The molecule has 21 heavy (non-hydrogen) atoms. The van der Waals surface area contributed by atoms with E-state index in [-0.39, 0.29) is 11.4 Å². The van der Waals surface area contributed by atoms with Crippen molar-refractivity contribution in [3.8, 4) is 5.75 Å². The molecule has 1 aromatic carbocycles. The summed E-state index contributed by atoms with van der Waals surface area (Å²) >= 11 is 0. The number of amides is 1. The summed E-state index contributed by atoms with van der Waals surface area (Å²) in [5, 5.41) is 3.44. The molecule has 116 valence electrons. The van der Waals surface area contributed by atoms with Crippen molar-refractivity contribution in [2.45, 2.75) is 38.6 Å². The monoisotopic (exact) mass is 290 g/mol. The number of nitrogens with zero attached hydrogens (tertiary/aromatic N) is 1. The molecule has 0 saturated carbocycles. The number of carbonyl (C=O) groups excluding carboxylic acids is 1. The minimum Gasteiger partial charge on any atom is -0.497 e. The van der Waals surface area contributed by atoms with Crippen LogP contribution in [0.3, 0.4) is 0 Å². The first-order valence-electron chi connectivity index (χ1n) is 7.45. The van der Waals surface area contributed by atoms with Crippen molar-refractivity contribution >= 4 is 5.91 Å². The van der Waals surface area contributed by atoms with E-state index in [9.17, 15) is 4.79 Å². The molecular weight excluding hydrogens is 264 g/mol. The maximum Gasteiger partial charge on any atom is 0.232 e. The first-order valence-corrected chi connectivity index (χ1v) is 7.45. The van der Waals surface area contributed by atoms with E-state index in [1.54, 1.807) is 7.11 Å². The molecule has 1 heterocycles. The lowest BCUT2D eigenvalue weighted by Gasteiger charge is -2.42. The Morgan fingerprint density at radius 3 is 2.43 bits per heavy atom. The molecule has 1 N–H and O–H groups in total. The highest BCUT2D eigenvalue weighted by Crippen LogP contribution is 2.28. The van der Waals surface area contributed by atoms with Gasteiger partial charge in [0.2, 0.25) is 5.91 Å². The summed E-state index contributed by atoms with van der Waals surface area (Å²) in [6.45, 7) is 10.6. The largest absolute Gasteiger partial charge is 0.497 e. The Labute approximate surface area is 127 Å². The Hall–Kier alpha value is -1.55. The van der Waals surface area contributed by atoms with Crippen LogP contribution in [0, 0.1) is 0 Å². The second-order valence-electron chi connectivity index (χ2n) is 6.89. The van der Waals surface area contributed by atoms with E-state index < -0.39 is 5.41 Å². The maximum absolute atomic E-state index is 12.9. The lowest BCUT2D eigenvalue weighted by Crippen LogP contribution is -2.60. The van der Waals surface area contributed by atoms with Gasteiger partial charge in [0, 0.05) is 25.2 Å². The molecule has 0 aromatic heterocycles. The molecule has 1 aliphatic rings. The number of piperazine rings is 1. The minimum atomic E-state index is -0.528. The van der Waals surface area contributed by atoms with Crippen molar-refractivity contribution in [2.75, 3.05) is 26.7 Å². The van der Waals surface area contributed by atoms with Crippen LogP contribution in [0.4, 0.5) is 0 Å². The minimum absolute atomic E-state index is 0.0239. The summed E-state index contributed by atoms with van der Waals surface area (Å²) in [6.07, 6.45) is 0. The first kappa shape index (κ1) is 15.8. The number of benzene rings is 1. The molecule has 1 aromatic rings. The molecule has 0 radical (unpaired) electrons. The first-order chi connectivity index (χ1) is 9.76. The van der Waals surface area contributed by atoms with Gasteiger partial charge in [-0.2, -0.15) is 0 Å². The highest BCUT2D eigenvalue weighted by Gasteiger charge is 2.37. The van der Waals surface area contributed by atoms with E-state index in [1.165, 1.54) is 0 Å². The number of ether oxygens (including phenoxy) is 1. The summed E-state index contributed by atoms with van der Waals surface area (Å²) < 4.78 is 5.18. The Balaban J connectivity index is 2.19. The Morgan fingerprint density at radius 2 is 1.90 bits per heavy atom. The molecule has 0 atom stereocenters. The smallest absolute Gasteiger partial charge is 0.232 e. The second kappa shape index (κ2) is 5.68. The van der Waals surface area contributed by atoms with Gasteiger partial charge in [-0.15, -0.1) is 0 Å². The van der Waals surface area contributed by atoms with E-state index in [4.69, 9.17) is 4.74 Å². The highest BCUT2D eigenvalue weighted by atomic mass is 16.5. The molecule has 0 unspecified atom stereocenters. The summed E-state index contributed by atoms with van der Waals surface area (Å²) in [4.78, 5) is 14.9. The van der Waals surface area contributed by atoms with Gasteiger partial charge in [0.25, 0.3) is 0 Å². The van der Waals surface area contributed by atoms with Crippen molar-refractivity contribution in [3.05, 3.63) is 29.8 Å². The van der Waals surface area contributed by atoms with E-state index >= 15 is 0 Å². The fraction of sp³-hybridized carbons (Fsp3) is 0.588. The fourth-order valence-electron chi connectivity index (χ4n) is 2.84. The average molecular weight is 290 g/mol. The molecular formula is C17H26N2O2. The molecule has 0 spiro atoms. The van der Waals surface area contributed by atoms with Crippen molar-refractivity contribution in [1.29, 1.82) is 0 Å². The van der Waals surface area contributed by atoms with Gasteiger partial charge in [-0.05, 0) is 45.4 Å². The third kappa shape index (κ3) is 3.38. The molecule has 4 heteroatoms. The number of nitrogens with one attached hydrogen (secondary N) is 1. The number of methoxy groups -OCH3 is 1. The topological polar surface area (TPSA) is 41.6 Å². The van der Waals surface area contributed by atoms with Crippen molar-refractivity contribution in [1.82, 2.24) is 10.2 Å². The molecule has 4 nitrogen and oxygen atoms in total. The van der Waals surface area contributed by atoms with Crippen LogP contribution < -0.4 is 10.1 Å². The van der Waals surface area contributed by atoms with E-state index in [2.05, 4.69) is 19.2 Å². The molecule has 0 aliphatic carbocycles. The van der Waals surface area contributed by atoms with Crippen LogP contribution in [0.1, 0.15) is 33.3 Å². The van der Waals surface area contributed by atoms with Gasteiger partial charge in [0.1, 0.15) is 5.75 Å².